The van der Waals surface area contributed by atoms with Crippen LogP contribution in [0.25, 0.3) is 11.0 Å². The van der Waals surface area contributed by atoms with Crippen molar-refractivity contribution < 1.29 is 9.53 Å². The SMILES string of the molecule is COC(=O)c1cc2c(Cl)nc(SC)nc2[nH]1. The third kappa shape index (κ3) is 1.85. The zero-order chi connectivity index (χ0) is 11.7. The molecule has 7 heteroatoms. The average molecular weight is 258 g/mol. The van der Waals surface area contributed by atoms with E-state index in [1.54, 1.807) is 6.07 Å². The van der Waals surface area contributed by atoms with E-state index in [4.69, 9.17) is 11.6 Å². The van der Waals surface area contributed by atoms with Gasteiger partial charge in [-0.15, -0.1) is 0 Å². The molecule has 0 aliphatic rings. The first-order chi connectivity index (χ1) is 7.65. The predicted octanol–water partition coefficient (Wildman–Crippen LogP) is 2.12. The van der Waals surface area contributed by atoms with E-state index in [9.17, 15) is 4.79 Å². The topological polar surface area (TPSA) is 67.9 Å². The van der Waals surface area contributed by atoms with Crippen LogP contribution in [0.2, 0.25) is 5.15 Å². The summed E-state index contributed by atoms with van der Waals surface area (Å²) >= 11 is 7.34. The molecule has 2 heterocycles. The molecule has 0 atom stereocenters. The average Bonchev–Trinajstić information content (AvgIpc) is 2.72. The van der Waals surface area contributed by atoms with Gasteiger partial charge >= 0.3 is 5.97 Å². The van der Waals surface area contributed by atoms with E-state index >= 15 is 0 Å². The van der Waals surface area contributed by atoms with Gasteiger partial charge in [-0.2, -0.15) is 0 Å². The van der Waals surface area contributed by atoms with E-state index in [0.29, 0.717) is 27.0 Å². The lowest BCUT2D eigenvalue weighted by Gasteiger charge is -1.96. The Kier molecular flexibility index (Phi) is 3.02. The molecule has 0 fully saturated rings. The van der Waals surface area contributed by atoms with Crippen LogP contribution in [0.4, 0.5) is 0 Å². The van der Waals surface area contributed by atoms with Gasteiger partial charge in [-0.1, -0.05) is 23.4 Å². The second kappa shape index (κ2) is 4.31. The Morgan fingerprint density at radius 1 is 1.56 bits per heavy atom. The molecular formula is C9H8ClN3O2S. The van der Waals surface area contributed by atoms with E-state index in [0.717, 1.165) is 0 Å². The van der Waals surface area contributed by atoms with Gasteiger partial charge in [0.05, 0.1) is 12.5 Å². The summed E-state index contributed by atoms with van der Waals surface area (Å²) in [6.07, 6.45) is 1.85. The number of carbonyl (C=O) groups excluding carboxylic acids is 1. The minimum Gasteiger partial charge on any atom is -0.464 e. The highest BCUT2D eigenvalue weighted by Crippen LogP contribution is 2.24. The number of hydrogen-bond donors (Lipinski definition) is 1. The van der Waals surface area contributed by atoms with Crippen LogP contribution in [0.15, 0.2) is 11.2 Å². The normalized spacial score (nSPS) is 10.7. The molecule has 1 N–H and O–H groups in total. The van der Waals surface area contributed by atoms with Crippen LogP contribution in [-0.2, 0) is 4.74 Å². The maximum Gasteiger partial charge on any atom is 0.354 e. The van der Waals surface area contributed by atoms with E-state index < -0.39 is 5.97 Å². The van der Waals surface area contributed by atoms with Crippen LogP contribution in [-0.4, -0.2) is 34.3 Å². The minimum atomic E-state index is -0.459. The lowest BCUT2D eigenvalue weighted by atomic mass is 10.4. The van der Waals surface area contributed by atoms with Gasteiger partial charge < -0.3 is 9.72 Å². The molecule has 0 spiro atoms. The summed E-state index contributed by atoms with van der Waals surface area (Å²) in [7, 11) is 1.31. The van der Waals surface area contributed by atoms with Crippen molar-refractivity contribution in [3.8, 4) is 0 Å². The second-order valence-corrected chi connectivity index (χ2v) is 4.07. The highest BCUT2D eigenvalue weighted by molar-refractivity contribution is 7.98. The first kappa shape index (κ1) is 11.2. The lowest BCUT2D eigenvalue weighted by Crippen LogP contribution is -2.00. The van der Waals surface area contributed by atoms with Gasteiger partial charge in [-0.3, -0.25) is 0 Å². The molecule has 2 rings (SSSR count). The zero-order valence-electron chi connectivity index (χ0n) is 8.57. The van der Waals surface area contributed by atoms with Crippen LogP contribution in [0, 0.1) is 0 Å². The number of H-pyrrole nitrogens is 1. The molecule has 16 heavy (non-hydrogen) atoms. The first-order valence-electron chi connectivity index (χ1n) is 4.34. The summed E-state index contributed by atoms with van der Waals surface area (Å²) in [5.74, 6) is -0.459. The van der Waals surface area contributed by atoms with Crippen molar-refractivity contribution in [1.82, 2.24) is 15.0 Å². The number of fused-ring (bicyclic) bond motifs is 1. The molecule has 0 saturated heterocycles. The van der Waals surface area contributed by atoms with Gasteiger partial charge in [0, 0.05) is 0 Å². The molecule has 0 aliphatic carbocycles. The molecule has 2 aromatic heterocycles. The van der Waals surface area contributed by atoms with Gasteiger partial charge in [-0.25, -0.2) is 14.8 Å². The number of thioether (sulfide) groups is 1. The molecule has 0 saturated carbocycles. The number of nitrogens with zero attached hydrogens (tertiary/aromatic N) is 2. The summed E-state index contributed by atoms with van der Waals surface area (Å²) in [6, 6.07) is 1.58. The zero-order valence-corrected chi connectivity index (χ0v) is 10.1. The fourth-order valence-electron chi connectivity index (χ4n) is 1.27. The van der Waals surface area contributed by atoms with Crippen LogP contribution >= 0.6 is 23.4 Å². The number of nitrogens with one attached hydrogen (secondary N) is 1. The van der Waals surface area contributed by atoms with Gasteiger partial charge in [0.25, 0.3) is 0 Å². The van der Waals surface area contributed by atoms with Crippen molar-refractivity contribution >= 4 is 40.4 Å². The predicted molar refractivity (Wildman–Crippen MR) is 62.0 cm³/mol. The maximum absolute atomic E-state index is 11.3. The Hall–Kier alpha value is -1.27. The second-order valence-electron chi connectivity index (χ2n) is 2.94. The molecule has 2 aromatic rings. The standard InChI is InChI=1S/C9H8ClN3O2S/c1-15-8(14)5-3-4-6(10)12-9(16-2)13-7(4)11-5/h3H,1-2H3,(H,11,12,13). The van der Waals surface area contributed by atoms with Crippen molar-refractivity contribution in [1.29, 1.82) is 0 Å². The van der Waals surface area contributed by atoms with E-state index in [1.165, 1.54) is 18.9 Å². The highest BCUT2D eigenvalue weighted by Gasteiger charge is 2.13. The fraction of sp³-hybridized carbons (Fsp3) is 0.222. The van der Waals surface area contributed by atoms with Gasteiger partial charge in [0.1, 0.15) is 16.5 Å². The summed E-state index contributed by atoms with van der Waals surface area (Å²) in [4.78, 5) is 22.4. The number of aromatic nitrogens is 3. The number of ether oxygens (including phenoxy) is 1. The lowest BCUT2D eigenvalue weighted by molar-refractivity contribution is 0.0595. The summed E-state index contributed by atoms with van der Waals surface area (Å²) in [6.45, 7) is 0. The number of aromatic amines is 1. The summed E-state index contributed by atoms with van der Waals surface area (Å²) in [5, 5.41) is 1.48. The monoisotopic (exact) mass is 257 g/mol. The Morgan fingerprint density at radius 3 is 2.94 bits per heavy atom. The number of esters is 1. The Balaban J connectivity index is 2.61. The van der Waals surface area contributed by atoms with Gasteiger partial charge in [0.15, 0.2) is 5.16 Å². The molecule has 0 amide bonds. The number of rotatable bonds is 2. The smallest absolute Gasteiger partial charge is 0.354 e. The van der Waals surface area contributed by atoms with Crippen LogP contribution in [0.5, 0.6) is 0 Å². The molecule has 0 unspecified atom stereocenters. The summed E-state index contributed by atoms with van der Waals surface area (Å²) < 4.78 is 4.60. The highest BCUT2D eigenvalue weighted by atomic mass is 35.5. The van der Waals surface area contributed by atoms with E-state index in [1.807, 2.05) is 6.26 Å². The minimum absolute atomic E-state index is 0.312. The van der Waals surface area contributed by atoms with Gasteiger partial charge in [-0.05, 0) is 12.3 Å². The molecule has 84 valence electrons. The number of halogens is 1. The van der Waals surface area contributed by atoms with Crippen LogP contribution < -0.4 is 0 Å². The quantitative estimate of drug-likeness (QED) is 0.386. The van der Waals surface area contributed by atoms with Crippen LogP contribution in [0.3, 0.4) is 0 Å². The van der Waals surface area contributed by atoms with Crippen molar-refractivity contribution in [2.45, 2.75) is 5.16 Å². The van der Waals surface area contributed by atoms with Crippen molar-refractivity contribution in [2.75, 3.05) is 13.4 Å². The number of methoxy groups -OCH3 is 1. The number of hydrogen-bond acceptors (Lipinski definition) is 5. The molecule has 0 radical (unpaired) electrons. The third-order valence-corrected chi connectivity index (χ3v) is 2.84. The molecule has 0 aliphatic heterocycles. The van der Waals surface area contributed by atoms with E-state index in [-0.39, 0.29) is 0 Å². The fourth-order valence-corrected chi connectivity index (χ4v) is 1.90. The Labute approximate surface area is 101 Å². The van der Waals surface area contributed by atoms with Crippen molar-refractivity contribution in [3.63, 3.8) is 0 Å². The molecular weight excluding hydrogens is 250 g/mol. The Morgan fingerprint density at radius 2 is 2.31 bits per heavy atom. The Bertz CT molecular complexity index is 555. The molecule has 5 nitrogen and oxygen atoms in total. The first-order valence-corrected chi connectivity index (χ1v) is 5.94. The maximum atomic E-state index is 11.3. The van der Waals surface area contributed by atoms with Gasteiger partial charge in [0.2, 0.25) is 0 Å². The third-order valence-electron chi connectivity index (χ3n) is 2.01. The largest absolute Gasteiger partial charge is 0.464 e. The van der Waals surface area contributed by atoms with Crippen molar-refractivity contribution in [2.24, 2.45) is 0 Å². The molecule has 0 bridgehead atoms. The van der Waals surface area contributed by atoms with Crippen molar-refractivity contribution in [3.05, 3.63) is 16.9 Å². The van der Waals surface area contributed by atoms with Crippen LogP contribution in [0.1, 0.15) is 10.5 Å². The molecule has 0 aromatic carbocycles. The number of carbonyl (C=O) groups is 1. The summed E-state index contributed by atoms with van der Waals surface area (Å²) in [5.41, 5.74) is 0.844. The van der Waals surface area contributed by atoms with E-state index in [2.05, 4.69) is 19.7 Å².